The number of nitro groups is 1. The van der Waals surface area contributed by atoms with E-state index in [9.17, 15) is 18.5 Å². The van der Waals surface area contributed by atoms with E-state index in [0.29, 0.717) is 13.1 Å². The number of sulfonamides is 1. The fourth-order valence-electron chi connectivity index (χ4n) is 2.47. The van der Waals surface area contributed by atoms with Crippen LogP contribution in [0.1, 0.15) is 13.8 Å². The monoisotopic (exact) mass is 344 g/mol. The molecule has 23 heavy (non-hydrogen) atoms. The van der Waals surface area contributed by atoms with Gasteiger partial charge in [0.2, 0.25) is 15.8 Å². The van der Waals surface area contributed by atoms with Gasteiger partial charge in [-0.1, -0.05) is 0 Å². The number of nitrogens with zero attached hydrogens (tertiary/aromatic N) is 3. The lowest BCUT2D eigenvalue weighted by atomic mass is 10.3. The van der Waals surface area contributed by atoms with E-state index >= 15 is 0 Å². The summed E-state index contributed by atoms with van der Waals surface area (Å²) in [5.41, 5.74) is -0.182. The van der Waals surface area contributed by atoms with Crippen LogP contribution in [0.5, 0.6) is 0 Å². The van der Waals surface area contributed by atoms with Gasteiger partial charge in [-0.25, -0.2) is 13.4 Å². The molecule has 2 rings (SSSR count). The van der Waals surface area contributed by atoms with Crippen molar-refractivity contribution in [3.63, 3.8) is 0 Å². The van der Waals surface area contributed by atoms with E-state index < -0.39 is 14.9 Å². The Labute approximate surface area is 134 Å². The quantitative estimate of drug-likeness (QED) is 0.600. The van der Waals surface area contributed by atoms with Crippen LogP contribution >= 0.6 is 0 Å². The number of rotatable bonds is 6. The van der Waals surface area contributed by atoms with Gasteiger partial charge >= 0.3 is 5.69 Å². The molecule has 0 saturated carbocycles. The predicted octanol–water partition coefficient (Wildman–Crippen LogP) is 0.841. The van der Waals surface area contributed by atoms with Crippen molar-refractivity contribution in [2.75, 3.05) is 30.7 Å². The second-order valence-electron chi connectivity index (χ2n) is 5.45. The van der Waals surface area contributed by atoms with Crippen LogP contribution in [0.15, 0.2) is 18.3 Å². The maximum absolute atomic E-state index is 12.4. The summed E-state index contributed by atoms with van der Waals surface area (Å²) in [6, 6.07) is 2.77. The number of pyridine rings is 1. The third kappa shape index (κ3) is 4.60. The van der Waals surface area contributed by atoms with Crippen molar-refractivity contribution in [2.45, 2.75) is 26.1 Å². The average Bonchev–Trinajstić information content (AvgIpc) is 2.46. The normalized spacial score (nSPS) is 22.7. The highest BCUT2D eigenvalue weighted by molar-refractivity contribution is 7.89. The molecule has 10 heteroatoms. The first-order chi connectivity index (χ1) is 10.8. The fourth-order valence-corrected chi connectivity index (χ4v) is 3.96. The summed E-state index contributed by atoms with van der Waals surface area (Å²) in [4.78, 5) is 14.2. The van der Waals surface area contributed by atoms with Crippen LogP contribution in [0.4, 0.5) is 11.5 Å². The van der Waals surface area contributed by atoms with Gasteiger partial charge in [0, 0.05) is 31.9 Å². The van der Waals surface area contributed by atoms with Gasteiger partial charge < -0.3 is 10.1 Å². The minimum atomic E-state index is -3.46. The molecule has 0 aliphatic carbocycles. The summed E-state index contributed by atoms with van der Waals surface area (Å²) >= 11 is 0. The highest BCUT2D eigenvalue weighted by atomic mass is 32.2. The Balaban J connectivity index is 1.96. The fraction of sp³-hybridized carbons (Fsp3) is 0.615. The smallest absolute Gasteiger partial charge is 0.311 e. The second kappa shape index (κ2) is 7.20. The van der Waals surface area contributed by atoms with Gasteiger partial charge in [0.15, 0.2) is 0 Å². The minimum absolute atomic E-state index is 0.0420. The Morgan fingerprint density at radius 3 is 2.70 bits per heavy atom. The average molecular weight is 344 g/mol. The predicted molar refractivity (Wildman–Crippen MR) is 84.7 cm³/mol. The largest absolute Gasteiger partial charge is 0.373 e. The molecule has 0 unspecified atom stereocenters. The topological polar surface area (TPSA) is 115 Å². The molecular weight excluding hydrogens is 324 g/mol. The molecule has 2 heterocycles. The zero-order chi connectivity index (χ0) is 17.0. The first-order valence-corrected chi connectivity index (χ1v) is 8.87. The van der Waals surface area contributed by atoms with E-state index in [4.69, 9.17) is 4.74 Å². The molecule has 9 nitrogen and oxygen atoms in total. The van der Waals surface area contributed by atoms with Crippen molar-refractivity contribution in [1.29, 1.82) is 0 Å². The van der Waals surface area contributed by atoms with Crippen LogP contribution in [0.2, 0.25) is 0 Å². The van der Waals surface area contributed by atoms with E-state index in [1.54, 1.807) is 0 Å². The van der Waals surface area contributed by atoms with Crippen molar-refractivity contribution in [3.8, 4) is 0 Å². The standard InChI is InChI=1S/C13H20N4O5S/c1-10-8-16(9-11(2)22-10)23(20,21)7-6-15-13-12(17(18)19)4-3-5-14-13/h3-5,10-11H,6-9H2,1-2H3,(H,14,15)/t10-,11-/m0/s1. The highest BCUT2D eigenvalue weighted by Crippen LogP contribution is 2.20. The summed E-state index contributed by atoms with van der Waals surface area (Å²) in [7, 11) is -3.46. The Morgan fingerprint density at radius 1 is 1.43 bits per heavy atom. The Morgan fingerprint density at radius 2 is 2.09 bits per heavy atom. The maximum Gasteiger partial charge on any atom is 0.311 e. The molecule has 2 atom stereocenters. The van der Waals surface area contributed by atoms with Gasteiger partial charge in [-0.2, -0.15) is 4.31 Å². The van der Waals surface area contributed by atoms with Crippen molar-refractivity contribution < 1.29 is 18.1 Å². The SMILES string of the molecule is C[C@H]1CN(S(=O)(=O)CCNc2ncccc2[N+](=O)[O-])C[C@H](C)O1. The van der Waals surface area contributed by atoms with E-state index in [2.05, 4.69) is 10.3 Å². The summed E-state index contributed by atoms with van der Waals surface area (Å²) in [6.07, 6.45) is 1.10. The lowest BCUT2D eigenvalue weighted by Gasteiger charge is -2.34. The molecule has 0 aromatic carbocycles. The summed E-state index contributed by atoms with van der Waals surface area (Å²) in [6.45, 7) is 4.33. The molecular formula is C13H20N4O5S. The van der Waals surface area contributed by atoms with Crippen molar-refractivity contribution in [3.05, 3.63) is 28.4 Å². The van der Waals surface area contributed by atoms with Crippen molar-refractivity contribution >= 4 is 21.5 Å². The first-order valence-electron chi connectivity index (χ1n) is 7.26. The molecule has 128 valence electrons. The van der Waals surface area contributed by atoms with Crippen LogP contribution < -0.4 is 5.32 Å². The molecule has 1 aromatic rings. The van der Waals surface area contributed by atoms with E-state index in [-0.39, 0.29) is 36.0 Å². The first kappa shape index (κ1) is 17.6. The van der Waals surface area contributed by atoms with Gasteiger partial charge in [0.05, 0.1) is 22.9 Å². The van der Waals surface area contributed by atoms with Gasteiger partial charge in [0.1, 0.15) is 0 Å². The van der Waals surface area contributed by atoms with Crippen LogP contribution in [-0.4, -0.2) is 60.2 Å². The molecule has 0 bridgehead atoms. The number of hydrogen-bond acceptors (Lipinski definition) is 7. The molecule has 0 spiro atoms. The number of morpholine rings is 1. The van der Waals surface area contributed by atoms with Gasteiger partial charge in [-0.05, 0) is 19.9 Å². The molecule has 1 aliphatic heterocycles. The van der Waals surface area contributed by atoms with Gasteiger partial charge in [-0.3, -0.25) is 10.1 Å². The van der Waals surface area contributed by atoms with Crippen molar-refractivity contribution in [1.82, 2.24) is 9.29 Å². The highest BCUT2D eigenvalue weighted by Gasteiger charge is 2.30. The molecule has 0 radical (unpaired) electrons. The van der Waals surface area contributed by atoms with Crippen LogP contribution in [0, 0.1) is 10.1 Å². The van der Waals surface area contributed by atoms with Crippen molar-refractivity contribution in [2.24, 2.45) is 0 Å². The van der Waals surface area contributed by atoms with Crippen LogP contribution in [0.25, 0.3) is 0 Å². The maximum atomic E-state index is 12.4. The molecule has 0 amide bonds. The lowest BCUT2D eigenvalue weighted by Crippen LogP contribution is -2.49. The second-order valence-corrected chi connectivity index (χ2v) is 7.53. The zero-order valence-corrected chi connectivity index (χ0v) is 13.8. The minimum Gasteiger partial charge on any atom is -0.373 e. The summed E-state index contributed by atoms with van der Waals surface area (Å²) in [5.74, 6) is -0.100. The Bertz CT molecular complexity index is 656. The molecule has 1 N–H and O–H groups in total. The van der Waals surface area contributed by atoms with Gasteiger partial charge in [0.25, 0.3) is 0 Å². The molecule has 1 saturated heterocycles. The molecule has 1 fully saturated rings. The molecule has 1 aliphatic rings. The summed E-state index contributed by atoms with van der Waals surface area (Å²) < 4.78 is 31.6. The van der Waals surface area contributed by atoms with Crippen LogP contribution in [-0.2, 0) is 14.8 Å². The third-order valence-electron chi connectivity index (χ3n) is 3.42. The molecule has 1 aromatic heterocycles. The van der Waals surface area contributed by atoms with Gasteiger partial charge in [-0.15, -0.1) is 0 Å². The van der Waals surface area contributed by atoms with E-state index in [1.165, 1.54) is 22.6 Å². The number of aromatic nitrogens is 1. The van der Waals surface area contributed by atoms with Crippen LogP contribution in [0.3, 0.4) is 0 Å². The Kier molecular flexibility index (Phi) is 5.50. The Hall–Kier alpha value is -1.78. The lowest BCUT2D eigenvalue weighted by molar-refractivity contribution is -0.384. The zero-order valence-electron chi connectivity index (χ0n) is 13.0. The number of anilines is 1. The van der Waals surface area contributed by atoms with E-state index in [0.717, 1.165) is 0 Å². The third-order valence-corrected chi connectivity index (χ3v) is 5.22. The number of hydrogen-bond donors (Lipinski definition) is 1. The number of ether oxygens (including phenoxy) is 1. The number of nitrogens with one attached hydrogen (secondary N) is 1. The van der Waals surface area contributed by atoms with E-state index in [1.807, 2.05) is 13.8 Å². The summed E-state index contributed by atoms with van der Waals surface area (Å²) in [5, 5.41) is 13.6.